The van der Waals surface area contributed by atoms with Gasteiger partial charge in [0.1, 0.15) is 5.75 Å². The molecular weight excluding hydrogens is 625 g/mol. The fourth-order valence-corrected chi connectivity index (χ4v) is 7.99. The van der Waals surface area contributed by atoms with Gasteiger partial charge in [0, 0.05) is 33.2 Å². The molecule has 0 radical (unpaired) electrons. The van der Waals surface area contributed by atoms with Gasteiger partial charge in [0.2, 0.25) is 0 Å². The van der Waals surface area contributed by atoms with Gasteiger partial charge in [-0.2, -0.15) is 0 Å². The summed E-state index contributed by atoms with van der Waals surface area (Å²) in [6, 6.07) is 14.7. The van der Waals surface area contributed by atoms with E-state index in [9.17, 15) is 5.11 Å². The van der Waals surface area contributed by atoms with Crippen molar-refractivity contribution in [3.63, 3.8) is 0 Å². The molecule has 1 aromatic carbocycles. The first-order chi connectivity index (χ1) is 24.7. The molecular formula is C46H58N4O. The number of aromatic nitrogens is 4. The van der Waals surface area contributed by atoms with Crippen LogP contribution in [0.15, 0.2) is 42.5 Å². The maximum Gasteiger partial charge on any atom is 0.123 e. The molecule has 0 atom stereocenters. The quantitative estimate of drug-likeness (QED) is 0.131. The summed E-state index contributed by atoms with van der Waals surface area (Å²) < 4.78 is 0. The van der Waals surface area contributed by atoms with E-state index < -0.39 is 0 Å². The highest BCUT2D eigenvalue weighted by atomic mass is 16.3. The van der Waals surface area contributed by atoms with Crippen molar-refractivity contribution in [1.82, 2.24) is 19.9 Å². The molecule has 0 amide bonds. The second kappa shape index (κ2) is 15.9. The number of hydrogen-bond acceptors (Lipinski definition) is 3. The third-order valence-electron chi connectivity index (χ3n) is 11.2. The largest absolute Gasteiger partial charge is 0.507 e. The molecule has 51 heavy (non-hydrogen) atoms. The second-order valence-electron chi connectivity index (χ2n) is 14.7. The van der Waals surface area contributed by atoms with Crippen molar-refractivity contribution in [3.05, 3.63) is 87.5 Å². The molecule has 2 aliphatic heterocycles. The Kier molecular flexibility index (Phi) is 11.3. The molecule has 0 spiro atoms. The molecule has 4 aromatic rings. The van der Waals surface area contributed by atoms with E-state index in [2.05, 4.69) is 83.6 Å². The van der Waals surface area contributed by atoms with Gasteiger partial charge in [0.15, 0.2) is 0 Å². The fraction of sp³-hybridized carbons (Fsp3) is 0.435. The van der Waals surface area contributed by atoms with Gasteiger partial charge in [-0.25, -0.2) is 9.97 Å². The van der Waals surface area contributed by atoms with E-state index in [1.807, 2.05) is 18.2 Å². The molecule has 5 nitrogen and oxygen atoms in total. The lowest BCUT2D eigenvalue weighted by molar-refractivity contribution is 0.477. The summed E-state index contributed by atoms with van der Waals surface area (Å²) in [5.41, 5.74) is 20.5. The van der Waals surface area contributed by atoms with Crippen LogP contribution in [0.2, 0.25) is 0 Å². The third kappa shape index (κ3) is 7.09. The van der Waals surface area contributed by atoms with E-state index in [4.69, 9.17) is 9.97 Å². The van der Waals surface area contributed by atoms with Crippen molar-refractivity contribution in [3.8, 4) is 16.9 Å². The van der Waals surface area contributed by atoms with Crippen LogP contribution in [0.1, 0.15) is 151 Å². The normalized spacial score (nSPS) is 13.2. The summed E-state index contributed by atoms with van der Waals surface area (Å²) in [7, 11) is 0. The molecule has 3 N–H and O–H groups in total. The van der Waals surface area contributed by atoms with Crippen LogP contribution in [0.5, 0.6) is 5.75 Å². The van der Waals surface area contributed by atoms with E-state index in [0.717, 1.165) is 133 Å². The van der Waals surface area contributed by atoms with E-state index >= 15 is 0 Å². The number of phenolic OH excluding ortho intramolecular Hbond substituents is 1. The van der Waals surface area contributed by atoms with Gasteiger partial charge in [0.25, 0.3) is 0 Å². The van der Waals surface area contributed by atoms with Crippen LogP contribution < -0.4 is 0 Å². The number of nitrogens with one attached hydrogen (secondary N) is 2. The van der Waals surface area contributed by atoms with Gasteiger partial charge >= 0.3 is 0 Å². The van der Waals surface area contributed by atoms with Crippen molar-refractivity contribution in [2.45, 2.75) is 132 Å². The molecule has 8 bridgehead atoms. The highest BCUT2D eigenvalue weighted by molar-refractivity contribution is 6.03. The lowest BCUT2D eigenvalue weighted by Gasteiger charge is -2.12. The number of fused-ring (bicyclic) bond motifs is 8. The Labute approximate surface area is 305 Å². The van der Waals surface area contributed by atoms with Crippen molar-refractivity contribution in [2.75, 3.05) is 0 Å². The summed E-state index contributed by atoms with van der Waals surface area (Å²) in [5.74, 6) is 0.251. The second-order valence-corrected chi connectivity index (χ2v) is 14.7. The average molecular weight is 683 g/mol. The number of nitrogens with zero attached hydrogens (tertiary/aromatic N) is 2. The predicted octanol–water partition coefficient (Wildman–Crippen LogP) is 13.2. The topological polar surface area (TPSA) is 77.6 Å². The Morgan fingerprint density at radius 2 is 0.980 bits per heavy atom. The third-order valence-corrected chi connectivity index (χ3v) is 11.2. The highest BCUT2D eigenvalue weighted by Gasteiger charge is 2.28. The molecule has 0 saturated carbocycles. The Balaban J connectivity index is 1.85. The molecule has 6 rings (SSSR count). The molecule has 0 fully saturated rings. The Morgan fingerprint density at radius 3 is 1.41 bits per heavy atom. The van der Waals surface area contributed by atoms with Crippen molar-refractivity contribution in [1.29, 1.82) is 0 Å². The van der Waals surface area contributed by atoms with Crippen LogP contribution >= 0.6 is 0 Å². The Hall–Kier alpha value is -4.38. The monoisotopic (exact) mass is 682 g/mol. The van der Waals surface area contributed by atoms with Gasteiger partial charge in [0.05, 0.1) is 22.8 Å². The minimum atomic E-state index is 0.251. The van der Waals surface area contributed by atoms with Crippen molar-refractivity contribution >= 4 is 44.4 Å². The maximum atomic E-state index is 11.5. The molecule has 5 heterocycles. The average Bonchev–Trinajstić information content (AvgIpc) is 3.79. The van der Waals surface area contributed by atoms with Gasteiger partial charge in [-0.05, 0) is 148 Å². The van der Waals surface area contributed by atoms with Gasteiger partial charge < -0.3 is 15.1 Å². The van der Waals surface area contributed by atoms with Gasteiger partial charge in [-0.3, -0.25) is 0 Å². The van der Waals surface area contributed by atoms with Crippen LogP contribution in [0, 0.1) is 13.8 Å². The van der Waals surface area contributed by atoms with Crippen LogP contribution in [-0.4, -0.2) is 25.0 Å². The fourth-order valence-electron chi connectivity index (χ4n) is 7.99. The van der Waals surface area contributed by atoms with E-state index in [1.165, 1.54) is 44.5 Å². The number of H-pyrrole nitrogens is 2. The van der Waals surface area contributed by atoms with E-state index in [1.54, 1.807) is 6.07 Å². The number of hydrogen-bond donors (Lipinski definition) is 3. The summed E-state index contributed by atoms with van der Waals surface area (Å²) in [5, 5.41) is 11.5. The van der Waals surface area contributed by atoms with Crippen molar-refractivity contribution in [2.24, 2.45) is 0 Å². The first-order valence-electron chi connectivity index (χ1n) is 19.7. The number of aromatic hydroxyl groups is 1. The van der Waals surface area contributed by atoms with Crippen LogP contribution in [0.3, 0.4) is 0 Å². The minimum Gasteiger partial charge on any atom is -0.507 e. The Bertz CT molecular complexity index is 2030. The summed E-state index contributed by atoms with van der Waals surface area (Å²) in [6.07, 6.45) is 12.9. The number of aryl methyl sites for hydroxylation is 4. The number of phenols is 1. The summed E-state index contributed by atoms with van der Waals surface area (Å²) >= 11 is 0. The molecule has 5 heteroatoms. The highest BCUT2D eigenvalue weighted by Crippen LogP contribution is 2.46. The zero-order valence-corrected chi connectivity index (χ0v) is 32.4. The summed E-state index contributed by atoms with van der Waals surface area (Å²) in [4.78, 5) is 18.8. The number of rotatable bonds is 13. The number of para-hydroxylation sites is 1. The van der Waals surface area contributed by atoms with Gasteiger partial charge in [-0.1, -0.05) is 71.6 Å². The van der Waals surface area contributed by atoms with E-state index in [-0.39, 0.29) is 5.75 Å². The Morgan fingerprint density at radius 1 is 0.549 bits per heavy atom. The number of allylic oxidation sites excluding steroid dienone is 4. The SMILES string of the molecule is CCCCC1=C(C)c2nc1cc1[nH]c(cc3[nH]c(cc4nc(c2-c2ccccc2O)C(C)=C4CCCC)c(CCCC)c3C)c(C)c1CCCC. The molecule has 0 saturated heterocycles. The zero-order valence-electron chi connectivity index (χ0n) is 32.4. The lowest BCUT2D eigenvalue weighted by Crippen LogP contribution is -1.93. The smallest absolute Gasteiger partial charge is 0.123 e. The lowest BCUT2D eigenvalue weighted by atomic mass is 9.92. The standard InChI is InChI=1S/C46H58N4O/c1-9-13-19-32-28(5)37-25-38-29(6)33(20-14-10-2)40(48-38)27-42-35(22-16-12-4)31(8)46(50-42)44(36-23-17-18-24-43(36)51)45-30(7)34(21-15-11-3)41(49-45)26-39(32)47-37/h17-18,23-27,47-48,51H,9-16,19-22H2,1-8H3. The van der Waals surface area contributed by atoms with Crippen LogP contribution in [-0.2, 0) is 12.8 Å². The molecule has 0 aliphatic carbocycles. The first kappa shape index (κ1) is 36.4. The number of unbranched alkanes of at least 4 members (excludes halogenated alkanes) is 4. The van der Waals surface area contributed by atoms with Crippen molar-refractivity contribution < 1.29 is 5.11 Å². The zero-order chi connectivity index (χ0) is 36.2. The molecule has 268 valence electrons. The van der Waals surface area contributed by atoms with Crippen LogP contribution in [0.25, 0.3) is 55.5 Å². The summed E-state index contributed by atoms with van der Waals surface area (Å²) in [6.45, 7) is 18.0. The van der Waals surface area contributed by atoms with Gasteiger partial charge in [-0.15, -0.1) is 0 Å². The molecule has 0 unspecified atom stereocenters. The number of benzene rings is 1. The molecule has 2 aliphatic rings. The predicted molar refractivity (Wildman–Crippen MR) is 219 cm³/mol. The first-order valence-corrected chi connectivity index (χ1v) is 19.7. The maximum absolute atomic E-state index is 11.5. The minimum absolute atomic E-state index is 0.251. The number of aromatic amines is 2. The van der Waals surface area contributed by atoms with E-state index in [0.29, 0.717) is 0 Å². The molecule has 3 aromatic heterocycles. The van der Waals surface area contributed by atoms with Crippen LogP contribution in [0.4, 0.5) is 0 Å².